The molecule has 0 bridgehead atoms. The number of hydrogen-bond acceptors (Lipinski definition) is 5. The topological polar surface area (TPSA) is 68.5 Å². The Morgan fingerprint density at radius 1 is 1.68 bits per heavy atom. The van der Waals surface area contributed by atoms with Crippen LogP contribution in [0.15, 0.2) is 6.20 Å². The highest BCUT2D eigenvalue weighted by Gasteiger charge is 2.42. The summed E-state index contributed by atoms with van der Waals surface area (Å²) >= 11 is 1.18. The molecule has 1 aromatic heterocycles. The van der Waals surface area contributed by atoms with Crippen LogP contribution in [0.3, 0.4) is 0 Å². The van der Waals surface area contributed by atoms with Gasteiger partial charge in [0.15, 0.2) is 5.13 Å². The van der Waals surface area contributed by atoms with E-state index < -0.39 is 24.9 Å². The second-order valence-electron chi connectivity index (χ2n) is 4.45. The van der Waals surface area contributed by atoms with Crippen LogP contribution in [0.4, 0.5) is 13.9 Å². The SMILES string of the molecule is COCC(c1cnc(N)s1)N1CC(F)(F)CCC1=O. The van der Waals surface area contributed by atoms with Crippen molar-refractivity contribution in [2.24, 2.45) is 0 Å². The zero-order chi connectivity index (χ0) is 14.0. The first-order valence-corrected chi connectivity index (χ1v) is 6.62. The first kappa shape index (κ1) is 14.1. The van der Waals surface area contributed by atoms with Crippen LogP contribution in [0.2, 0.25) is 0 Å². The van der Waals surface area contributed by atoms with Crippen LogP contribution in [0.25, 0.3) is 0 Å². The van der Waals surface area contributed by atoms with Gasteiger partial charge in [-0.15, -0.1) is 11.3 Å². The van der Waals surface area contributed by atoms with Gasteiger partial charge in [-0.3, -0.25) is 4.79 Å². The third-order valence-electron chi connectivity index (χ3n) is 3.00. The summed E-state index contributed by atoms with van der Waals surface area (Å²) in [4.78, 5) is 17.6. The number of amides is 1. The van der Waals surface area contributed by atoms with E-state index in [4.69, 9.17) is 10.5 Å². The normalized spacial score (nSPS) is 20.6. The standard InChI is InChI=1S/C11H15F2N3O2S/c1-18-5-7(8-4-15-10(14)19-8)16-6-11(12,13)3-2-9(16)17/h4,7H,2-3,5-6H2,1H3,(H2,14,15). The molecule has 0 saturated carbocycles. The number of alkyl halides is 2. The molecule has 1 unspecified atom stereocenters. The Morgan fingerprint density at radius 3 is 3.00 bits per heavy atom. The van der Waals surface area contributed by atoms with Gasteiger partial charge in [-0.1, -0.05) is 0 Å². The molecule has 0 aromatic carbocycles. The number of carbonyl (C=O) groups excluding carboxylic acids is 1. The van der Waals surface area contributed by atoms with E-state index in [0.717, 1.165) is 0 Å². The quantitative estimate of drug-likeness (QED) is 0.916. The minimum absolute atomic E-state index is 0.142. The van der Waals surface area contributed by atoms with Gasteiger partial charge in [0, 0.05) is 26.1 Å². The number of carbonyl (C=O) groups is 1. The van der Waals surface area contributed by atoms with E-state index >= 15 is 0 Å². The monoisotopic (exact) mass is 291 g/mol. The van der Waals surface area contributed by atoms with Crippen LogP contribution in [0.5, 0.6) is 0 Å². The van der Waals surface area contributed by atoms with Crippen molar-refractivity contribution in [3.05, 3.63) is 11.1 Å². The number of piperidine rings is 1. The number of rotatable bonds is 4. The molecule has 1 fully saturated rings. The number of anilines is 1. The summed E-state index contributed by atoms with van der Waals surface area (Å²) in [5.74, 6) is -3.14. The van der Waals surface area contributed by atoms with Gasteiger partial charge < -0.3 is 15.4 Å². The maximum Gasteiger partial charge on any atom is 0.265 e. The summed E-state index contributed by atoms with van der Waals surface area (Å²) in [5, 5.41) is 0.340. The molecule has 1 atom stereocenters. The molecule has 8 heteroatoms. The predicted octanol–water partition coefficient (Wildman–Crippen LogP) is 1.67. The zero-order valence-electron chi connectivity index (χ0n) is 10.4. The highest BCUT2D eigenvalue weighted by atomic mass is 32.1. The molecule has 0 radical (unpaired) electrons. The van der Waals surface area contributed by atoms with Crippen LogP contribution >= 0.6 is 11.3 Å². The molecule has 1 amide bonds. The predicted molar refractivity (Wildman–Crippen MR) is 67.0 cm³/mol. The van der Waals surface area contributed by atoms with Crippen LogP contribution in [-0.4, -0.2) is 42.0 Å². The van der Waals surface area contributed by atoms with E-state index in [1.165, 1.54) is 29.5 Å². The molecular formula is C11H15F2N3O2S. The summed E-state index contributed by atoms with van der Waals surface area (Å²) in [6.07, 6.45) is 0.956. The molecule has 19 heavy (non-hydrogen) atoms. The molecule has 2 rings (SSSR count). The largest absolute Gasteiger partial charge is 0.382 e. The molecular weight excluding hydrogens is 276 g/mol. The van der Waals surface area contributed by atoms with Crippen molar-refractivity contribution in [2.75, 3.05) is 26.0 Å². The van der Waals surface area contributed by atoms with Crippen molar-refractivity contribution in [3.63, 3.8) is 0 Å². The van der Waals surface area contributed by atoms with Gasteiger partial charge in [-0.25, -0.2) is 13.8 Å². The first-order chi connectivity index (χ1) is 8.93. The Kier molecular flexibility index (Phi) is 4.00. The Bertz CT molecular complexity index is 467. The summed E-state index contributed by atoms with van der Waals surface area (Å²) < 4.78 is 32.0. The number of nitrogens with zero attached hydrogens (tertiary/aromatic N) is 2. The van der Waals surface area contributed by atoms with Crippen molar-refractivity contribution in [1.29, 1.82) is 0 Å². The fourth-order valence-electron chi connectivity index (χ4n) is 2.07. The molecule has 106 valence electrons. The lowest BCUT2D eigenvalue weighted by molar-refractivity contribution is -0.153. The van der Waals surface area contributed by atoms with Crippen LogP contribution in [-0.2, 0) is 9.53 Å². The van der Waals surface area contributed by atoms with Gasteiger partial charge in [0.25, 0.3) is 5.92 Å². The number of halogens is 2. The number of likely N-dealkylation sites (tertiary alicyclic amines) is 1. The van der Waals surface area contributed by atoms with Crippen LogP contribution in [0.1, 0.15) is 23.8 Å². The second kappa shape index (κ2) is 5.38. The van der Waals surface area contributed by atoms with Crippen molar-refractivity contribution >= 4 is 22.4 Å². The fourth-order valence-corrected chi connectivity index (χ4v) is 2.86. The van der Waals surface area contributed by atoms with E-state index in [1.54, 1.807) is 0 Å². The lowest BCUT2D eigenvalue weighted by Crippen LogP contribution is -2.48. The number of thiazole rings is 1. The highest BCUT2D eigenvalue weighted by Crippen LogP contribution is 2.35. The fraction of sp³-hybridized carbons (Fsp3) is 0.636. The van der Waals surface area contributed by atoms with Gasteiger partial charge in [0.1, 0.15) is 0 Å². The lowest BCUT2D eigenvalue weighted by Gasteiger charge is -2.37. The van der Waals surface area contributed by atoms with E-state index in [-0.39, 0.29) is 18.9 Å². The molecule has 2 heterocycles. The Balaban J connectivity index is 2.24. The molecule has 1 aliphatic rings. The van der Waals surface area contributed by atoms with Crippen LogP contribution in [0, 0.1) is 0 Å². The maximum absolute atomic E-state index is 13.5. The second-order valence-corrected chi connectivity index (χ2v) is 5.54. The number of nitrogen functional groups attached to an aromatic ring is 1. The molecule has 0 aliphatic carbocycles. The Labute approximate surface area is 113 Å². The van der Waals surface area contributed by atoms with Gasteiger partial charge in [0.05, 0.1) is 24.1 Å². The minimum atomic E-state index is -2.85. The highest BCUT2D eigenvalue weighted by molar-refractivity contribution is 7.15. The molecule has 5 nitrogen and oxygen atoms in total. The smallest absolute Gasteiger partial charge is 0.265 e. The van der Waals surface area contributed by atoms with Crippen LogP contribution < -0.4 is 5.73 Å². The molecule has 1 saturated heterocycles. The third-order valence-corrected chi connectivity index (χ3v) is 3.93. The van der Waals surface area contributed by atoms with Gasteiger partial charge in [0.2, 0.25) is 5.91 Å². The summed E-state index contributed by atoms with van der Waals surface area (Å²) in [6.45, 7) is -0.443. The Hall–Kier alpha value is -1.28. The number of hydrogen-bond donors (Lipinski definition) is 1. The average molecular weight is 291 g/mol. The molecule has 1 aromatic rings. The summed E-state index contributed by atoms with van der Waals surface area (Å²) in [7, 11) is 1.46. The van der Waals surface area contributed by atoms with E-state index in [9.17, 15) is 13.6 Å². The lowest BCUT2D eigenvalue weighted by atomic mass is 10.0. The molecule has 1 aliphatic heterocycles. The van der Waals surface area contributed by atoms with Crippen molar-refractivity contribution in [1.82, 2.24) is 9.88 Å². The average Bonchev–Trinajstić information content (AvgIpc) is 2.76. The van der Waals surface area contributed by atoms with Gasteiger partial charge in [-0.2, -0.15) is 0 Å². The van der Waals surface area contributed by atoms with E-state index in [1.807, 2.05) is 0 Å². The summed E-state index contributed by atoms with van der Waals surface area (Å²) in [5.41, 5.74) is 5.55. The first-order valence-electron chi connectivity index (χ1n) is 5.80. The van der Waals surface area contributed by atoms with Gasteiger partial charge >= 0.3 is 0 Å². The molecule has 0 spiro atoms. The number of methoxy groups -OCH3 is 1. The summed E-state index contributed by atoms with van der Waals surface area (Å²) in [6, 6.07) is -0.557. The van der Waals surface area contributed by atoms with E-state index in [2.05, 4.69) is 4.98 Å². The van der Waals surface area contributed by atoms with Gasteiger partial charge in [-0.05, 0) is 0 Å². The van der Waals surface area contributed by atoms with Crippen molar-refractivity contribution in [3.8, 4) is 0 Å². The number of aromatic nitrogens is 1. The number of ether oxygens (including phenoxy) is 1. The third kappa shape index (κ3) is 3.19. The van der Waals surface area contributed by atoms with E-state index in [0.29, 0.717) is 10.0 Å². The minimum Gasteiger partial charge on any atom is -0.382 e. The molecule has 2 N–H and O–H groups in total. The van der Waals surface area contributed by atoms with Crippen molar-refractivity contribution in [2.45, 2.75) is 24.8 Å². The van der Waals surface area contributed by atoms with Crippen molar-refractivity contribution < 1.29 is 18.3 Å². The zero-order valence-corrected chi connectivity index (χ0v) is 11.3. The maximum atomic E-state index is 13.5. The number of nitrogens with two attached hydrogens (primary N) is 1. The Morgan fingerprint density at radius 2 is 2.42 bits per heavy atom.